The van der Waals surface area contributed by atoms with Crippen molar-refractivity contribution < 1.29 is 9.53 Å². The zero-order chi connectivity index (χ0) is 15.6. The standard InChI is InChI=1S/C17H26N2O2/c1-5-10-19(15-9-7-6-8-14(15)18)17(20)16-11(2)12(3)21-13(16)4/h6-9,11-13,16H,5,10,18H2,1-4H3. The Morgan fingerprint density at radius 3 is 2.43 bits per heavy atom. The van der Waals surface area contributed by atoms with Crippen LogP contribution in [0.4, 0.5) is 11.4 Å². The average Bonchev–Trinajstić information content (AvgIpc) is 2.70. The number of benzene rings is 1. The maximum absolute atomic E-state index is 13.0. The van der Waals surface area contributed by atoms with E-state index >= 15 is 0 Å². The van der Waals surface area contributed by atoms with Gasteiger partial charge in [-0.25, -0.2) is 0 Å². The fraction of sp³-hybridized carbons (Fsp3) is 0.588. The highest BCUT2D eigenvalue weighted by atomic mass is 16.5. The van der Waals surface area contributed by atoms with Crippen LogP contribution in [0.1, 0.15) is 34.1 Å². The Morgan fingerprint density at radius 1 is 1.24 bits per heavy atom. The van der Waals surface area contributed by atoms with Gasteiger partial charge in [-0.1, -0.05) is 26.0 Å². The third-order valence-electron chi connectivity index (χ3n) is 4.47. The Balaban J connectivity index is 2.30. The molecule has 0 saturated carbocycles. The summed E-state index contributed by atoms with van der Waals surface area (Å²) in [7, 11) is 0. The van der Waals surface area contributed by atoms with E-state index in [-0.39, 0.29) is 30.0 Å². The summed E-state index contributed by atoms with van der Waals surface area (Å²) < 4.78 is 5.82. The molecule has 1 aliphatic rings. The predicted molar refractivity (Wildman–Crippen MR) is 86.2 cm³/mol. The summed E-state index contributed by atoms with van der Waals surface area (Å²) in [6.45, 7) is 8.86. The van der Waals surface area contributed by atoms with Crippen LogP contribution in [-0.4, -0.2) is 24.7 Å². The molecule has 1 saturated heterocycles. The van der Waals surface area contributed by atoms with Crippen molar-refractivity contribution in [2.75, 3.05) is 17.2 Å². The lowest BCUT2D eigenvalue weighted by Gasteiger charge is -2.29. The van der Waals surface area contributed by atoms with Crippen molar-refractivity contribution in [1.29, 1.82) is 0 Å². The van der Waals surface area contributed by atoms with Crippen LogP contribution in [0.3, 0.4) is 0 Å². The van der Waals surface area contributed by atoms with E-state index in [0.717, 1.165) is 12.1 Å². The van der Waals surface area contributed by atoms with Gasteiger partial charge in [0, 0.05) is 6.54 Å². The summed E-state index contributed by atoms with van der Waals surface area (Å²) in [5.41, 5.74) is 7.51. The fourth-order valence-electron chi connectivity index (χ4n) is 3.18. The summed E-state index contributed by atoms with van der Waals surface area (Å²) in [4.78, 5) is 14.9. The summed E-state index contributed by atoms with van der Waals surface area (Å²) in [6, 6.07) is 7.56. The molecule has 0 aromatic heterocycles. The number of carbonyl (C=O) groups is 1. The minimum absolute atomic E-state index is 0.0493. The van der Waals surface area contributed by atoms with Gasteiger partial charge in [-0.15, -0.1) is 0 Å². The second-order valence-electron chi connectivity index (χ2n) is 5.98. The number of rotatable bonds is 4. The molecule has 21 heavy (non-hydrogen) atoms. The zero-order valence-corrected chi connectivity index (χ0v) is 13.4. The molecule has 1 amide bonds. The molecule has 0 bridgehead atoms. The molecule has 4 nitrogen and oxygen atoms in total. The largest absolute Gasteiger partial charge is 0.397 e. The first kappa shape index (κ1) is 15.8. The van der Waals surface area contributed by atoms with E-state index in [4.69, 9.17) is 10.5 Å². The van der Waals surface area contributed by atoms with Gasteiger partial charge in [0.05, 0.1) is 29.5 Å². The van der Waals surface area contributed by atoms with Crippen molar-refractivity contribution in [3.63, 3.8) is 0 Å². The first-order valence-electron chi connectivity index (χ1n) is 7.78. The third kappa shape index (κ3) is 3.05. The summed E-state index contributed by atoms with van der Waals surface area (Å²) in [6.07, 6.45) is 0.962. The highest BCUT2D eigenvalue weighted by Crippen LogP contribution is 2.35. The molecule has 4 atom stereocenters. The second-order valence-corrected chi connectivity index (χ2v) is 5.98. The van der Waals surface area contributed by atoms with Gasteiger partial charge in [0.2, 0.25) is 5.91 Å². The number of nitrogens with zero attached hydrogens (tertiary/aromatic N) is 1. The minimum atomic E-state index is -0.105. The predicted octanol–water partition coefficient (Wildman–Crippen LogP) is 3.07. The van der Waals surface area contributed by atoms with Crippen molar-refractivity contribution in [2.45, 2.75) is 46.3 Å². The van der Waals surface area contributed by atoms with Gasteiger partial charge in [-0.05, 0) is 38.3 Å². The van der Waals surface area contributed by atoms with Crippen molar-refractivity contribution in [1.82, 2.24) is 0 Å². The molecule has 1 aromatic carbocycles. The lowest BCUT2D eigenvalue weighted by Crippen LogP contribution is -2.41. The summed E-state index contributed by atoms with van der Waals surface area (Å²) in [5, 5.41) is 0. The van der Waals surface area contributed by atoms with Gasteiger partial charge in [-0.3, -0.25) is 4.79 Å². The van der Waals surface area contributed by atoms with Gasteiger partial charge in [0.25, 0.3) is 0 Å². The molecule has 1 heterocycles. The van der Waals surface area contributed by atoms with Crippen molar-refractivity contribution in [3.05, 3.63) is 24.3 Å². The maximum Gasteiger partial charge on any atom is 0.233 e. The number of anilines is 2. The Kier molecular flexibility index (Phi) is 4.88. The molecule has 0 spiro atoms. The van der Waals surface area contributed by atoms with Gasteiger partial charge in [0.15, 0.2) is 0 Å². The van der Waals surface area contributed by atoms with Crippen LogP contribution >= 0.6 is 0 Å². The fourth-order valence-corrected chi connectivity index (χ4v) is 3.18. The SMILES string of the molecule is CCCN(C(=O)C1C(C)OC(C)C1C)c1ccccc1N. The van der Waals surface area contributed by atoms with E-state index in [1.54, 1.807) is 0 Å². The van der Waals surface area contributed by atoms with Gasteiger partial charge < -0.3 is 15.4 Å². The summed E-state index contributed by atoms with van der Waals surface area (Å²) >= 11 is 0. The average molecular weight is 290 g/mol. The van der Waals surface area contributed by atoms with E-state index in [0.29, 0.717) is 12.2 Å². The van der Waals surface area contributed by atoms with E-state index in [9.17, 15) is 4.79 Å². The molecular formula is C17H26N2O2. The molecule has 0 radical (unpaired) electrons. The van der Waals surface area contributed by atoms with Gasteiger partial charge in [0.1, 0.15) is 0 Å². The molecule has 4 unspecified atom stereocenters. The number of nitrogens with two attached hydrogens (primary N) is 1. The van der Waals surface area contributed by atoms with Crippen LogP contribution in [0, 0.1) is 11.8 Å². The van der Waals surface area contributed by atoms with Crippen LogP contribution in [0.5, 0.6) is 0 Å². The third-order valence-corrected chi connectivity index (χ3v) is 4.47. The number of hydrogen-bond acceptors (Lipinski definition) is 3. The van der Waals surface area contributed by atoms with Crippen LogP contribution in [-0.2, 0) is 9.53 Å². The number of carbonyl (C=O) groups excluding carboxylic acids is 1. The maximum atomic E-state index is 13.0. The van der Waals surface area contributed by atoms with Gasteiger partial charge in [-0.2, -0.15) is 0 Å². The normalized spacial score (nSPS) is 28.6. The monoisotopic (exact) mass is 290 g/mol. The van der Waals surface area contributed by atoms with Crippen LogP contribution < -0.4 is 10.6 Å². The van der Waals surface area contributed by atoms with E-state index in [1.807, 2.05) is 43.0 Å². The van der Waals surface area contributed by atoms with Crippen molar-refractivity contribution in [2.24, 2.45) is 11.8 Å². The van der Waals surface area contributed by atoms with Crippen molar-refractivity contribution in [3.8, 4) is 0 Å². The van der Waals surface area contributed by atoms with Crippen LogP contribution in [0.25, 0.3) is 0 Å². The molecule has 1 aliphatic heterocycles. The zero-order valence-electron chi connectivity index (χ0n) is 13.4. The lowest BCUT2D eigenvalue weighted by molar-refractivity contribution is -0.124. The quantitative estimate of drug-likeness (QED) is 0.867. The Hall–Kier alpha value is -1.55. The Morgan fingerprint density at radius 2 is 1.90 bits per heavy atom. The van der Waals surface area contributed by atoms with Crippen LogP contribution in [0.15, 0.2) is 24.3 Å². The molecule has 116 valence electrons. The topological polar surface area (TPSA) is 55.6 Å². The Labute approximate surface area is 127 Å². The number of nitrogen functional groups attached to an aromatic ring is 1. The molecular weight excluding hydrogens is 264 g/mol. The van der Waals surface area contributed by atoms with Crippen molar-refractivity contribution >= 4 is 17.3 Å². The lowest BCUT2D eigenvalue weighted by atomic mass is 9.88. The minimum Gasteiger partial charge on any atom is -0.397 e. The van der Waals surface area contributed by atoms with E-state index < -0.39 is 0 Å². The smallest absolute Gasteiger partial charge is 0.233 e. The second kappa shape index (κ2) is 6.48. The van der Waals surface area contributed by atoms with E-state index in [1.165, 1.54) is 0 Å². The number of hydrogen-bond donors (Lipinski definition) is 1. The first-order chi connectivity index (χ1) is 9.97. The molecule has 0 aliphatic carbocycles. The Bertz CT molecular complexity index is 503. The number of para-hydroxylation sites is 2. The molecule has 1 aromatic rings. The highest BCUT2D eigenvalue weighted by Gasteiger charge is 2.43. The molecule has 2 rings (SSSR count). The molecule has 4 heteroatoms. The molecule has 1 fully saturated rings. The summed E-state index contributed by atoms with van der Waals surface area (Å²) in [5.74, 6) is 0.238. The first-order valence-corrected chi connectivity index (χ1v) is 7.78. The highest BCUT2D eigenvalue weighted by molar-refractivity contribution is 5.98. The number of ether oxygens (including phenoxy) is 1. The molecule has 2 N–H and O–H groups in total. The number of amides is 1. The van der Waals surface area contributed by atoms with E-state index in [2.05, 4.69) is 13.8 Å². The van der Waals surface area contributed by atoms with Gasteiger partial charge >= 0.3 is 0 Å². The van der Waals surface area contributed by atoms with Crippen LogP contribution in [0.2, 0.25) is 0 Å².